The first-order chi connectivity index (χ1) is 5.36. The summed E-state index contributed by atoms with van der Waals surface area (Å²) in [6.07, 6.45) is 0.949. The number of carbonyl (C=O) groups is 2. The highest BCUT2D eigenvalue weighted by atomic mass is 16.4. The van der Waals surface area contributed by atoms with Crippen molar-refractivity contribution in [2.75, 3.05) is 0 Å². The van der Waals surface area contributed by atoms with E-state index in [1.54, 1.807) is 13.8 Å². The molecule has 0 aromatic rings. The fourth-order valence-electron chi connectivity index (χ4n) is 0.143. The Morgan fingerprint density at radius 3 is 1.33 bits per heavy atom. The van der Waals surface area contributed by atoms with E-state index in [1.807, 2.05) is 0 Å². The SMILES string of the molecule is CC(C)O.O=C(O)C=CC(=O)O. The van der Waals surface area contributed by atoms with Crippen molar-refractivity contribution in [3.05, 3.63) is 12.2 Å². The van der Waals surface area contributed by atoms with E-state index in [-0.39, 0.29) is 6.10 Å². The Kier molecular flexibility index (Phi) is 8.55. The smallest absolute Gasteiger partial charge is 0.328 e. The maximum atomic E-state index is 9.55. The van der Waals surface area contributed by atoms with Crippen LogP contribution in [0.3, 0.4) is 0 Å². The van der Waals surface area contributed by atoms with Gasteiger partial charge in [-0.2, -0.15) is 0 Å². The first kappa shape index (κ1) is 13.2. The van der Waals surface area contributed by atoms with Crippen molar-refractivity contribution in [1.29, 1.82) is 0 Å². The summed E-state index contributed by atoms with van der Waals surface area (Å²) < 4.78 is 0. The predicted octanol–water partition coefficient (Wildman–Crippen LogP) is 0.0989. The van der Waals surface area contributed by atoms with E-state index in [1.165, 1.54) is 0 Å². The summed E-state index contributed by atoms with van der Waals surface area (Å²) in [4.78, 5) is 19.1. The van der Waals surface area contributed by atoms with Crippen LogP contribution in [-0.2, 0) is 9.59 Å². The van der Waals surface area contributed by atoms with Gasteiger partial charge in [-0.25, -0.2) is 9.59 Å². The van der Waals surface area contributed by atoms with Gasteiger partial charge in [0.25, 0.3) is 0 Å². The van der Waals surface area contributed by atoms with Crippen LogP contribution in [0.15, 0.2) is 12.2 Å². The zero-order valence-electron chi connectivity index (χ0n) is 6.89. The Morgan fingerprint density at radius 2 is 1.25 bits per heavy atom. The molecule has 0 fully saturated rings. The first-order valence-electron chi connectivity index (χ1n) is 3.18. The molecule has 0 spiro atoms. The Labute approximate surface area is 70.0 Å². The Hall–Kier alpha value is -1.36. The lowest BCUT2D eigenvalue weighted by Gasteiger charge is -1.80. The molecule has 0 amide bonds. The van der Waals surface area contributed by atoms with E-state index in [0.29, 0.717) is 12.2 Å². The minimum atomic E-state index is -1.26. The molecule has 0 bridgehead atoms. The average Bonchev–Trinajstić information content (AvgIpc) is 1.82. The van der Waals surface area contributed by atoms with Gasteiger partial charge in [-0.3, -0.25) is 0 Å². The third-order valence-electron chi connectivity index (χ3n) is 0.368. The van der Waals surface area contributed by atoms with E-state index in [9.17, 15) is 9.59 Å². The third-order valence-corrected chi connectivity index (χ3v) is 0.368. The summed E-state index contributed by atoms with van der Waals surface area (Å²) in [7, 11) is 0. The van der Waals surface area contributed by atoms with Gasteiger partial charge in [0, 0.05) is 18.3 Å². The van der Waals surface area contributed by atoms with E-state index < -0.39 is 11.9 Å². The number of aliphatic carboxylic acids is 2. The monoisotopic (exact) mass is 176 g/mol. The molecule has 0 aliphatic rings. The van der Waals surface area contributed by atoms with Crippen molar-refractivity contribution < 1.29 is 24.9 Å². The van der Waals surface area contributed by atoms with Crippen LogP contribution in [0.5, 0.6) is 0 Å². The van der Waals surface area contributed by atoms with Gasteiger partial charge >= 0.3 is 11.9 Å². The van der Waals surface area contributed by atoms with Crippen molar-refractivity contribution in [3.8, 4) is 0 Å². The maximum Gasteiger partial charge on any atom is 0.328 e. The molecule has 0 rings (SSSR count). The van der Waals surface area contributed by atoms with Crippen LogP contribution in [-0.4, -0.2) is 33.4 Å². The number of carboxylic acid groups (broad SMARTS) is 2. The molecular formula is C7H12O5. The molecule has 3 N–H and O–H groups in total. The molecule has 0 aliphatic heterocycles. The van der Waals surface area contributed by atoms with Gasteiger partial charge in [0.05, 0.1) is 0 Å². The van der Waals surface area contributed by atoms with Crippen LogP contribution < -0.4 is 0 Å². The zero-order valence-corrected chi connectivity index (χ0v) is 6.89. The van der Waals surface area contributed by atoms with Gasteiger partial charge in [0.15, 0.2) is 0 Å². The Morgan fingerprint density at radius 1 is 1.08 bits per heavy atom. The number of hydrogen-bond donors (Lipinski definition) is 3. The third kappa shape index (κ3) is 38.1. The van der Waals surface area contributed by atoms with Crippen molar-refractivity contribution in [1.82, 2.24) is 0 Å². The fourth-order valence-corrected chi connectivity index (χ4v) is 0.143. The van der Waals surface area contributed by atoms with E-state index in [4.69, 9.17) is 15.3 Å². The topological polar surface area (TPSA) is 94.8 Å². The summed E-state index contributed by atoms with van der Waals surface area (Å²) in [5, 5.41) is 23.7. The predicted molar refractivity (Wildman–Crippen MR) is 41.8 cm³/mol. The standard InChI is InChI=1S/C4H4O4.C3H8O/c5-3(6)1-2-4(7)8;1-3(2)4/h1-2H,(H,5,6)(H,7,8);3-4H,1-2H3. The summed E-state index contributed by atoms with van der Waals surface area (Å²) in [6, 6.07) is 0. The average molecular weight is 176 g/mol. The lowest BCUT2D eigenvalue weighted by atomic mass is 10.5. The highest BCUT2D eigenvalue weighted by Gasteiger charge is 1.88. The van der Waals surface area contributed by atoms with E-state index in [0.717, 1.165) is 0 Å². The van der Waals surface area contributed by atoms with Gasteiger partial charge < -0.3 is 15.3 Å². The number of hydrogen-bond acceptors (Lipinski definition) is 3. The zero-order chi connectivity index (χ0) is 10.1. The maximum absolute atomic E-state index is 9.55. The van der Waals surface area contributed by atoms with Crippen LogP contribution in [0.25, 0.3) is 0 Å². The first-order valence-corrected chi connectivity index (χ1v) is 3.18. The van der Waals surface area contributed by atoms with Gasteiger partial charge in [0.1, 0.15) is 0 Å². The number of aliphatic hydroxyl groups is 1. The summed E-state index contributed by atoms with van der Waals surface area (Å²) >= 11 is 0. The molecule has 5 heteroatoms. The molecule has 0 unspecified atom stereocenters. The normalized spacial score (nSPS) is 9.33. The molecule has 0 heterocycles. The van der Waals surface area contributed by atoms with Crippen molar-refractivity contribution in [3.63, 3.8) is 0 Å². The van der Waals surface area contributed by atoms with Crippen LogP contribution in [0.1, 0.15) is 13.8 Å². The fraction of sp³-hybridized carbons (Fsp3) is 0.429. The lowest BCUT2D eigenvalue weighted by Crippen LogP contribution is -1.91. The molecule has 0 saturated heterocycles. The van der Waals surface area contributed by atoms with Crippen molar-refractivity contribution in [2.45, 2.75) is 20.0 Å². The second-order valence-electron chi connectivity index (χ2n) is 2.10. The van der Waals surface area contributed by atoms with Crippen molar-refractivity contribution in [2.24, 2.45) is 0 Å². The minimum Gasteiger partial charge on any atom is -0.478 e. The van der Waals surface area contributed by atoms with Crippen LogP contribution >= 0.6 is 0 Å². The van der Waals surface area contributed by atoms with E-state index in [2.05, 4.69) is 0 Å². The largest absolute Gasteiger partial charge is 0.478 e. The Balaban J connectivity index is 0. The van der Waals surface area contributed by atoms with Gasteiger partial charge in [-0.1, -0.05) is 0 Å². The lowest BCUT2D eigenvalue weighted by molar-refractivity contribution is -0.134. The molecule has 70 valence electrons. The molecule has 0 atom stereocenters. The molecule has 0 aromatic heterocycles. The quantitative estimate of drug-likeness (QED) is 0.518. The second-order valence-corrected chi connectivity index (χ2v) is 2.10. The number of aliphatic hydroxyl groups excluding tert-OH is 1. The minimum absolute atomic E-state index is 0.167. The van der Waals surface area contributed by atoms with E-state index >= 15 is 0 Å². The molecule has 0 aliphatic carbocycles. The molecule has 0 radical (unpaired) electrons. The number of rotatable bonds is 2. The second kappa shape index (κ2) is 7.74. The number of carboxylic acids is 2. The summed E-state index contributed by atoms with van der Waals surface area (Å²) in [5.74, 6) is -2.51. The molecule has 0 aromatic carbocycles. The van der Waals surface area contributed by atoms with Crippen LogP contribution in [0.2, 0.25) is 0 Å². The molecule has 0 saturated carbocycles. The molecule has 12 heavy (non-hydrogen) atoms. The van der Waals surface area contributed by atoms with Gasteiger partial charge in [-0.15, -0.1) is 0 Å². The molecular weight excluding hydrogens is 164 g/mol. The Bertz CT molecular complexity index is 152. The van der Waals surface area contributed by atoms with Gasteiger partial charge in [-0.05, 0) is 13.8 Å². The van der Waals surface area contributed by atoms with Crippen LogP contribution in [0, 0.1) is 0 Å². The highest BCUT2D eigenvalue weighted by molar-refractivity contribution is 5.89. The van der Waals surface area contributed by atoms with Crippen molar-refractivity contribution >= 4 is 11.9 Å². The summed E-state index contributed by atoms with van der Waals surface area (Å²) in [6.45, 7) is 3.44. The molecule has 5 nitrogen and oxygen atoms in total. The highest BCUT2D eigenvalue weighted by Crippen LogP contribution is 1.70. The summed E-state index contributed by atoms with van der Waals surface area (Å²) in [5.41, 5.74) is 0. The van der Waals surface area contributed by atoms with Crippen LogP contribution in [0.4, 0.5) is 0 Å². The van der Waals surface area contributed by atoms with Gasteiger partial charge in [0.2, 0.25) is 0 Å².